The van der Waals surface area contributed by atoms with Gasteiger partial charge in [0, 0.05) is 25.7 Å². The summed E-state index contributed by atoms with van der Waals surface area (Å²) in [6.45, 7) is -0.0499. The highest BCUT2D eigenvalue weighted by Gasteiger charge is 2.20. The minimum Gasteiger partial charge on any atom is -0.480 e. The number of amides is 2. The van der Waals surface area contributed by atoms with E-state index in [1.807, 2.05) is 0 Å². The Morgan fingerprint density at radius 1 is 1.29 bits per heavy atom. The van der Waals surface area contributed by atoms with E-state index in [-0.39, 0.29) is 26.4 Å². The van der Waals surface area contributed by atoms with Crippen LogP contribution in [0.5, 0.6) is 11.5 Å². The Balaban J connectivity index is 1.84. The van der Waals surface area contributed by atoms with Crippen molar-refractivity contribution in [3.8, 4) is 11.5 Å². The summed E-state index contributed by atoms with van der Waals surface area (Å²) in [5.41, 5.74) is 0.307. The third kappa shape index (κ3) is 4.59. The number of fused-ring (bicyclic) bond motifs is 1. The molecule has 1 aromatic rings. The highest BCUT2D eigenvalue weighted by atomic mass is 16.7. The van der Waals surface area contributed by atoms with Crippen molar-refractivity contribution in [2.24, 2.45) is 0 Å². The number of hydrogen-bond acceptors (Lipinski definition) is 6. The molecule has 2 rings (SSSR count). The maximum Gasteiger partial charge on any atom is 0.326 e. The molecule has 1 aliphatic rings. The summed E-state index contributed by atoms with van der Waals surface area (Å²) in [6, 6.07) is 3.58. The SMILES string of the molecule is COCCC(NC(=O)CNC(=O)c1ccc2c(c1)OCO2)C(=O)O. The molecule has 0 spiro atoms. The van der Waals surface area contributed by atoms with E-state index in [9.17, 15) is 14.4 Å². The molecule has 2 amide bonds. The smallest absolute Gasteiger partial charge is 0.326 e. The third-order valence-corrected chi connectivity index (χ3v) is 3.29. The van der Waals surface area contributed by atoms with Crippen molar-refractivity contribution in [3.05, 3.63) is 23.8 Å². The number of carboxylic acids is 1. The summed E-state index contributed by atoms with van der Waals surface area (Å²) in [7, 11) is 1.44. The Bertz CT molecular complexity index is 632. The molecule has 3 N–H and O–H groups in total. The molecule has 0 bridgehead atoms. The molecule has 0 saturated carbocycles. The molecule has 0 aliphatic carbocycles. The van der Waals surface area contributed by atoms with Gasteiger partial charge in [0.05, 0.1) is 6.54 Å². The molecule has 9 heteroatoms. The fourth-order valence-electron chi connectivity index (χ4n) is 2.04. The first kappa shape index (κ1) is 17.5. The van der Waals surface area contributed by atoms with E-state index in [1.54, 1.807) is 12.1 Å². The maximum atomic E-state index is 12.0. The van der Waals surface area contributed by atoms with Gasteiger partial charge < -0.3 is 30.0 Å². The highest BCUT2D eigenvalue weighted by Crippen LogP contribution is 2.32. The monoisotopic (exact) mass is 338 g/mol. The first-order chi connectivity index (χ1) is 11.5. The molecule has 9 nitrogen and oxygen atoms in total. The molecule has 0 aromatic heterocycles. The quantitative estimate of drug-likeness (QED) is 0.597. The summed E-state index contributed by atoms with van der Waals surface area (Å²) in [5.74, 6) is -1.24. The second-order valence-electron chi connectivity index (χ2n) is 4.99. The lowest BCUT2D eigenvalue weighted by atomic mass is 10.2. The molecule has 0 fully saturated rings. The summed E-state index contributed by atoms with van der Waals surface area (Å²) in [6.07, 6.45) is 0.133. The van der Waals surface area contributed by atoms with E-state index in [4.69, 9.17) is 19.3 Å². The van der Waals surface area contributed by atoms with Gasteiger partial charge in [0.1, 0.15) is 6.04 Å². The summed E-state index contributed by atoms with van der Waals surface area (Å²) in [5, 5.41) is 13.8. The van der Waals surface area contributed by atoms with Crippen LogP contribution in [0.3, 0.4) is 0 Å². The average molecular weight is 338 g/mol. The number of carboxylic acid groups (broad SMARTS) is 1. The fourth-order valence-corrected chi connectivity index (χ4v) is 2.04. The van der Waals surface area contributed by atoms with E-state index in [0.717, 1.165) is 0 Å². The molecule has 1 atom stereocenters. The number of hydrogen-bond donors (Lipinski definition) is 3. The highest BCUT2D eigenvalue weighted by molar-refractivity contribution is 5.97. The van der Waals surface area contributed by atoms with Crippen LogP contribution in [0.1, 0.15) is 16.8 Å². The van der Waals surface area contributed by atoms with E-state index in [1.165, 1.54) is 13.2 Å². The Morgan fingerprint density at radius 2 is 2.04 bits per heavy atom. The topological polar surface area (TPSA) is 123 Å². The van der Waals surface area contributed by atoms with Crippen molar-refractivity contribution >= 4 is 17.8 Å². The van der Waals surface area contributed by atoms with Crippen LogP contribution in [0.25, 0.3) is 0 Å². The fraction of sp³-hybridized carbons (Fsp3) is 0.400. The predicted octanol–water partition coefficient (Wildman–Crippen LogP) is -0.249. The van der Waals surface area contributed by atoms with Crippen molar-refractivity contribution in [1.82, 2.24) is 10.6 Å². The molecule has 0 saturated heterocycles. The molecule has 0 radical (unpaired) electrons. The standard InChI is InChI=1S/C15H18N2O7/c1-22-5-4-10(15(20)21)17-13(18)7-16-14(19)9-2-3-11-12(6-9)24-8-23-11/h2-3,6,10H,4-5,7-8H2,1H3,(H,16,19)(H,17,18)(H,20,21). The number of nitrogens with one attached hydrogen (secondary N) is 2. The van der Waals surface area contributed by atoms with Crippen LogP contribution >= 0.6 is 0 Å². The minimum atomic E-state index is -1.16. The van der Waals surface area contributed by atoms with Crippen molar-refractivity contribution < 1.29 is 33.7 Å². The average Bonchev–Trinajstić information content (AvgIpc) is 3.03. The van der Waals surface area contributed by atoms with Crippen LogP contribution in [0.15, 0.2) is 18.2 Å². The van der Waals surface area contributed by atoms with E-state index in [2.05, 4.69) is 10.6 Å². The third-order valence-electron chi connectivity index (χ3n) is 3.29. The van der Waals surface area contributed by atoms with Crippen LogP contribution in [0.4, 0.5) is 0 Å². The molecule has 1 aliphatic heterocycles. The van der Waals surface area contributed by atoms with Gasteiger partial charge in [0.2, 0.25) is 12.7 Å². The number of carbonyl (C=O) groups is 3. The van der Waals surface area contributed by atoms with Crippen molar-refractivity contribution in [2.45, 2.75) is 12.5 Å². The second kappa shape index (κ2) is 8.16. The van der Waals surface area contributed by atoms with Crippen LogP contribution in [-0.4, -0.2) is 56.0 Å². The molecule has 1 aromatic carbocycles. The van der Waals surface area contributed by atoms with Crippen molar-refractivity contribution in [3.63, 3.8) is 0 Å². The largest absolute Gasteiger partial charge is 0.480 e. The predicted molar refractivity (Wildman–Crippen MR) is 81.0 cm³/mol. The van der Waals surface area contributed by atoms with Crippen LogP contribution in [-0.2, 0) is 14.3 Å². The van der Waals surface area contributed by atoms with Crippen LogP contribution in [0, 0.1) is 0 Å². The van der Waals surface area contributed by atoms with Gasteiger partial charge in [0.25, 0.3) is 5.91 Å². The molecule has 24 heavy (non-hydrogen) atoms. The van der Waals surface area contributed by atoms with Gasteiger partial charge in [-0.2, -0.15) is 0 Å². The zero-order valence-electron chi connectivity index (χ0n) is 13.0. The number of methoxy groups -OCH3 is 1. The Labute approximate surface area is 137 Å². The van der Waals surface area contributed by atoms with E-state index < -0.39 is 23.8 Å². The zero-order chi connectivity index (χ0) is 17.5. The number of ether oxygens (including phenoxy) is 3. The van der Waals surface area contributed by atoms with Gasteiger partial charge in [-0.3, -0.25) is 9.59 Å². The maximum absolute atomic E-state index is 12.0. The van der Waals surface area contributed by atoms with Crippen molar-refractivity contribution in [2.75, 3.05) is 27.1 Å². The molecular formula is C15H18N2O7. The summed E-state index contributed by atoms with van der Waals surface area (Å²) in [4.78, 5) is 34.8. The number of benzene rings is 1. The lowest BCUT2D eigenvalue weighted by Gasteiger charge is -2.14. The number of aliphatic carboxylic acids is 1. The normalized spacial score (nSPS) is 13.2. The summed E-state index contributed by atoms with van der Waals surface area (Å²) < 4.78 is 15.1. The lowest BCUT2D eigenvalue weighted by molar-refractivity contribution is -0.142. The summed E-state index contributed by atoms with van der Waals surface area (Å²) >= 11 is 0. The lowest BCUT2D eigenvalue weighted by Crippen LogP contribution is -2.46. The zero-order valence-corrected chi connectivity index (χ0v) is 13.0. The number of rotatable bonds is 8. The molecule has 130 valence electrons. The van der Waals surface area contributed by atoms with Crippen molar-refractivity contribution in [1.29, 1.82) is 0 Å². The molecular weight excluding hydrogens is 320 g/mol. The van der Waals surface area contributed by atoms with Gasteiger partial charge in [-0.25, -0.2) is 4.79 Å². The molecule has 1 unspecified atom stereocenters. The van der Waals surface area contributed by atoms with Gasteiger partial charge in [-0.05, 0) is 18.2 Å². The van der Waals surface area contributed by atoms with E-state index >= 15 is 0 Å². The first-order valence-corrected chi connectivity index (χ1v) is 7.20. The van der Waals surface area contributed by atoms with Gasteiger partial charge in [0.15, 0.2) is 11.5 Å². The molecule has 1 heterocycles. The van der Waals surface area contributed by atoms with Crippen LogP contribution < -0.4 is 20.1 Å². The van der Waals surface area contributed by atoms with Crippen LogP contribution in [0.2, 0.25) is 0 Å². The van der Waals surface area contributed by atoms with Gasteiger partial charge in [-0.15, -0.1) is 0 Å². The van der Waals surface area contributed by atoms with Gasteiger partial charge in [-0.1, -0.05) is 0 Å². The van der Waals surface area contributed by atoms with E-state index in [0.29, 0.717) is 17.1 Å². The minimum absolute atomic E-state index is 0.0981. The Morgan fingerprint density at radius 3 is 2.75 bits per heavy atom. The number of carbonyl (C=O) groups excluding carboxylic acids is 2. The first-order valence-electron chi connectivity index (χ1n) is 7.20. The second-order valence-corrected chi connectivity index (χ2v) is 4.99. The van der Waals surface area contributed by atoms with Gasteiger partial charge >= 0.3 is 5.97 Å². The Kier molecular flexibility index (Phi) is 5.96. The Hall–Kier alpha value is -2.81.